The zero-order valence-corrected chi connectivity index (χ0v) is 22.9. The van der Waals surface area contributed by atoms with Gasteiger partial charge in [0.1, 0.15) is 6.04 Å². The molecule has 4 aliphatic carbocycles. The molecule has 1 amide bonds. The summed E-state index contributed by atoms with van der Waals surface area (Å²) < 4.78 is 0. The van der Waals surface area contributed by atoms with E-state index in [9.17, 15) is 19.8 Å². The Morgan fingerprint density at radius 3 is 2.31 bits per heavy atom. The summed E-state index contributed by atoms with van der Waals surface area (Å²) in [5, 5.41) is 22.5. The number of carbonyl (C=O) groups excluding carboxylic acids is 1. The molecule has 0 aromatic carbocycles. The number of fused-ring (bicyclic) bond motifs is 5. The van der Waals surface area contributed by atoms with E-state index in [1.807, 2.05) is 13.8 Å². The van der Waals surface area contributed by atoms with Crippen LogP contribution in [-0.4, -0.2) is 34.2 Å². The first-order valence-corrected chi connectivity index (χ1v) is 14.7. The molecule has 4 aliphatic rings. The van der Waals surface area contributed by atoms with Crippen molar-refractivity contribution in [2.75, 3.05) is 0 Å². The Labute approximate surface area is 213 Å². The van der Waals surface area contributed by atoms with Crippen LogP contribution in [0.25, 0.3) is 0 Å². The van der Waals surface area contributed by atoms with E-state index >= 15 is 0 Å². The van der Waals surface area contributed by atoms with E-state index in [0.717, 1.165) is 37.0 Å². The topological polar surface area (TPSA) is 86.6 Å². The molecule has 0 radical (unpaired) electrons. The smallest absolute Gasteiger partial charge is 0.326 e. The van der Waals surface area contributed by atoms with Crippen LogP contribution in [0.1, 0.15) is 112 Å². The van der Waals surface area contributed by atoms with Crippen molar-refractivity contribution in [2.45, 2.75) is 124 Å². The highest BCUT2D eigenvalue weighted by molar-refractivity contribution is 5.83. The van der Waals surface area contributed by atoms with Gasteiger partial charge in [0, 0.05) is 6.42 Å². The van der Waals surface area contributed by atoms with Gasteiger partial charge < -0.3 is 15.5 Å². The molecular formula is C30H51NO4. The molecule has 0 aliphatic heterocycles. The Hall–Kier alpha value is -1.10. The van der Waals surface area contributed by atoms with Gasteiger partial charge >= 0.3 is 5.97 Å². The average Bonchev–Trinajstić information content (AvgIpc) is 3.14. The number of carboxylic acids is 1. The van der Waals surface area contributed by atoms with Crippen molar-refractivity contribution in [3.8, 4) is 0 Å². The fourth-order valence-electron chi connectivity index (χ4n) is 9.73. The highest BCUT2D eigenvalue weighted by Gasteiger charge is 2.60. The molecule has 200 valence electrons. The van der Waals surface area contributed by atoms with Gasteiger partial charge in [0.05, 0.1) is 6.10 Å². The molecular weight excluding hydrogens is 438 g/mol. The van der Waals surface area contributed by atoms with Gasteiger partial charge in [-0.1, -0.05) is 34.6 Å². The van der Waals surface area contributed by atoms with Gasteiger partial charge in [-0.3, -0.25) is 4.79 Å². The number of nitrogens with one attached hydrogen (secondary N) is 1. The molecule has 0 spiro atoms. The van der Waals surface area contributed by atoms with Crippen LogP contribution in [0.4, 0.5) is 0 Å². The fourth-order valence-corrected chi connectivity index (χ4v) is 9.73. The number of carbonyl (C=O) groups is 2. The van der Waals surface area contributed by atoms with Gasteiger partial charge in [-0.15, -0.1) is 0 Å². The fraction of sp³-hybridized carbons (Fsp3) is 0.933. The number of aliphatic carboxylic acids is 1. The second-order valence-electron chi connectivity index (χ2n) is 13.9. The number of aliphatic hydroxyl groups is 1. The molecule has 4 saturated carbocycles. The summed E-state index contributed by atoms with van der Waals surface area (Å²) in [6.45, 7) is 11.4. The van der Waals surface area contributed by atoms with Gasteiger partial charge in [-0.2, -0.15) is 0 Å². The van der Waals surface area contributed by atoms with Crippen molar-refractivity contribution >= 4 is 11.9 Å². The molecule has 4 rings (SSSR count). The molecule has 0 heterocycles. The van der Waals surface area contributed by atoms with Crippen LogP contribution < -0.4 is 5.32 Å². The molecule has 0 aromatic heterocycles. The zero-order chi connectivity index (χ0) is 25.5. The molecule has 10 unspecified atom stereocenters. The lowest BCUT2D eigenvalue weighted by Crippen LogP contribution is -2.54. The first-order chi connectivity index (χ1) is 16.5. The van der Waals surface area contributed by atoms with Crippen LogP contribution in [0.5, 0.6) is 0 Å². The number of aliphatic hydroxyl groups excluding tert-OH is 1. The SMILES string of the molecule is CC(C)CC(NC(=O)CCC(C)C1CCC2C3CCC4CC(O)CCC4(C)C3CCC12C)C(=O)O. The largest absolute Gasteiger partial charge is 0.480 e. The molecule has 0 bridgehead atoms. The third-order valence-corrected chi connectivity index (χ3v) is 11.6. The van der Waals surface area contributed by atoms with Crippen molar-refractivity contribution < 1.29 is 19.8 Å². The average molecular weight is 490 g/mol. The quantitative estimate of drug-likeness (QED) is 0.388. The van der Waals surface area contributed by atoms with Gasteiger partial charge in [0.2, 0.25) is 5.91 Å². The molecule has 3 N–H and O–H groups in total. The van der Waals surface area contributed by atoms with Crippen molar-refractivity contribution in [3.63, 3.8) is 0 Å². The summed E-state index contributed by atoms with van der Waals surface area (Å²) in [4.78, 5) is 24.1. The second-order valence-corrected chi connectivity index (χ2v) is 13.9. The number of hydrogen-bond donors (Lipinski definition) is 3. The number of amides is 1. The monoisotopic (exact) mass is 489 g/mol. The Morgan fingerprint density at radius 2 is 1.63 bits per heavy atom. The van der Waals surface area contributed by atoms with E-state index in [-0.39, 0.29) is 17.9 Å². The summed E-state index contributed by atoms with van der Waals surface area (Å²) in [6, 6.07) is -0.779. The van der Waals surface area contributed by atoms with Gasteiger partial charge in [-0.05, 0) is 123 Å². The summed E-state index contributed by atoms with van der Waals surface area (Å²) in [7, 11) is 0. The van der Waals surface area contributed by atoms with E-state index in [1.165, 1.54) is 44.9 Å². The Morgan fingerprint density at radius 1 is 0.943 bits per heavy atom. The minimum atomic E-state index is -0.932. The number of carboxylic acid groups (broad SMARTS) is 1. The van der Waals surface area contributed by atoms with E-state index in [0.29, 0.717) is 41.4 Å². The Kier molecular flexibility index (Phi) is 7.96. The maximum Gasteiger partial charge on any atom is 0.326 e. The predicted octanol–water partition coefficient (Wildman–Crippen LogP) is 6.04. The second kappa shape index (κ2) is 10.3. The summed E-state index contributed by atoms with van der Waals surface area (Å²) in [5.74, 6) is 3.49. The minimum absolute atomic E-state index is 0.0801. The number of rotatable bonds is 8. The minimum Gasteiger partial charge on any atom is -0.480 e. The molecule has 10 atom stereocenters. The molecule has 4 fully saturated rings. The van der Waals surface area contributed by atoms with Crippen LogP contribution in [-0.2, 0) is 9.59 Å². The number of hydrogen-bond acceptors (Lipinski definition) is 3. The van der Waals surface area contributed by atoms with Gasteiger partial charge in [0.25, 0.3) is 0 Å². The van der Waals surface area contributed by atoms with Gasteiger partial charge in [0.15, 0.2) is 0 Å². The highest BCUT2D eigenvalue weighted by Crippen LogP contribution is 2.68. The van der Waals surface area contributed by atoms with Crippen LogP contribution in [0.15, 0.2) is 0 Å². The van der Waals surface area contributed by atoms with Gasteiger partial charge in [-0.25, -0.2) is 4.79 Å². The lowest BCUT2D eigenvalue weighted by atomic mass is 9.44. The highest BCUT2D eigenvalue weighted by atomic mass is 16.4. The van der Waals surface area contributed by atoms with E-state index in [4.69, 9.17) is 0 Å². The van der Waals surface area contributed by atoms with Crippen LogP contribution >= 0.6 is 0 Å². The van der Waals surface area contributed by atoms with E-state index in [2.05, 4.69) is 26.1 Å². The molecule has 0 saturated heterocycles. The third-order valence-electron chi connectivity index (χ3n) is 11.6. The Bertz CT molecular complexity index is 782. The lowest BCUT2D eigenvalue weighted by Gasteiger charge is -2.61. The molecule has 0 aromatic rings. The van der Waals surface area contributed by atoms with Crippen molar-refractivity contribution in [2.24, 2.45) is 52.3 Å². The summed E-state index contributed by atoms with van der Waals surface area (Å²) in [5.41, 5.74) is 0.789. The van der Waals surface area contributed by atoms with Crippen molar-refractivity contribution in [1.82, 2.24) is 5.32 Å². The molecule has 5 heteroatoms. The van der Waals surface area contributed by atoms with E-state index < -0.39 is 12.0 Å². The predicted molar refractivity (Wildman–Crippen MR) is 139 cm³/mol. The maximum absolute atomic E-state index is 12.6. The standard InChI is InChI=1S/C30H51NO4/c1-18(2)16-26(28(34)35)31-27(33)11-6-19(3)23-9-10-24-22-8-7-20-17-21(32)12-14-29(20,4)25(22)13-15-30(23,24)5/h18-26,32H,6-17H2,1-5H3,(H,31,33)(H,34,35). The first kappa shape index (κ1) is 26.9. The summed E-state index contributed by atoms with van der Waals surface area (Å²) in [6.07, 6.45) is 12.7. The third kappa shape index (κ3) is 5.18. The normalized spacial score (nSPS) is 42.5. The van der Waals surface area contributed by atoms with Crippen LogP contribution in [0.2, 0.25) is 0 Å². The lowest BCUT2D eigenvalue weighted by molar-refractivity contribution is -0.142. The van der Waals surface area contributed by atoms with Crippen LogP contribution in [0.3, 0.4) is 0 Å². The van der Waals surface area contributed by atoms with Crippen molar-refractivity contribution in [1.29, 1.82) is 0 Å². The Balaban J connectivity index is 1.36. The molecule has 5 nitrogen and oxygen atoms in total. The summed E-state index contributed by atoms with van der Waals surface area (Å²) >= 11 is 0. The maximum atomic E-state index is 12.6. The van der Waals surface area contributed by atoms with Crippen molar-refractivity contribution in [3.05, 3.63) is 0 Å². The molecule has 35 heavy (non-hydrogen) atoms. The first-order valence-electron chi connectivity index (χ1n) is 14.7. The van der Waals surface area contributed by atoms with Crippen LogP contribution in [0, 0.1) is 52.3 Å². The van der Waals surface area contributed by atoms with E-state index in [1.54, 1.807) is 0 Å². The zero-order valence-electron chi connectivity index (χ0n) is 22.9.